The first-order chi connectivity index (χ1) is 14.3. The number of carbonyl (C=O) groups is 2. The average molecular weight is 416 g/mol. The van der Waals surface area contributed by atoms with E-state index >= 15 is 0 Å². The van der Waals surface area contributed by atoms with Crippen LogP contribution < -0.4 is 14.4 Å². The molecule has 3 rings (SSSR count). The lowest BCUT2D eigenvalue weighted by atomic mass is 9.96. The number of ether oxygens (including phenoxy) is 3. The Morgan fingerprint density at radius 3 is 2.37 bits per heavy atom. The summed E-state index contributed by atoms with van der Waals surface area (Å²) in [7, 11) is 3.26. The predicted molar refractivity (Wildman–Crippen MR) is 113 cm³/mol. The lowest BCUT2D eigenvalue weighted by molar-refractivity contribution is -0.929. The maximum absolute atomic E-state index is 13.3. The molecule has 1 aromatic heterocycles. The Morgan fingerprint density at radius 1 is 1.13 bits per heavy atom. The standard InChI is InChI=1S/C23H30N2O5/c1-7-30-23(27)20-13(2)21(24-14(20)3)22(26)15(4)25-9-8-16-10-18(28-5)19(29-6)11-17(16)12-25/h10-11,15,24H,7-9,12H2,1-6H3/p+1/t15-/m0/s1. The van der Waals surface area contributed by atoms with E-state index in [9.17, 15) is 9.59 Å². The third kappa shape index (κ3) is 3.94. The first-order valence-corrected chi connectivity index (χ1v) is 10.3. The number of rotatable bonds is 7. The molecule has 0 radical (unpaired) electrons. The van der Waals surface area contributed by atoms with Gasteiger partial charge in [-0.2, -0.15) is 0 Å². The Hall–Kier alpha value is -2.80. The number of ketones is 1. The van der Waals surface area contributed by atoms with Crippen molar-refractivity contribution in [2.75, 3.05) is 27.4 Å². The van der Waals surface area contributed by atoms with Crippen LogP contribution >= 0.6 is 0 Å². The zero-order chi connectivity index (χ0) is 22.0. The van der Waals surface area contributed by atoms with E-state index < -0.39 is 5.97 Å². The van der Waals surface area contributed by atoms with E-state index in [4.69, 9.17) is 14.2 Å². The van der Waals surface area contributed by atoms with Crippen LogP contribution in [-0.4, -0.2) is 50.1 Å². The molecular weight excluding hydrogens is 384 g/mol. The second-order valence-electron chi connectivity index (χ2n) is 7.74. The maximum Gasteiger partial charge on any atom is 0.340 e. The molecule has 0 bridgehead atoms. The summed E-state index contributed by atoms with van der Waals surface area (Å²) >= 11 is 0. The minimum Gasteiger partial charge on any atom is -0.493 e. The van der Waals surface area contributed by atoms with E-state index in [0.29, 0.717) is 34.9 Å². The molecule has 7 nitrogen and oxygen atoms in total. The quantitative estimate of drug-likeness (QED) is 0.534. The highest BCUT2D eigenvalue weighted by Crippen LogP contribution is 2.31. The molecule has 0 spiro atoms. The number of aromatic amines is 1. The summed E-state index contributed by atoms with van der Waals surface area (Å²) in [6, 6.07) is 3.78. The molecule has 7 heteroatoms. The first kappa shape index (κ1) is 21.9. The lowest BCUT2D eigenvalue weighted by Gasteiger charge is -2.30. The number of fused-ring (bicyclic) bond motifs is 1. The van der Waals surface area contributed by atoms with Crippen molar-refractivity contribution in [3.8, 4) is 11.5 Å². The van der Waals surface area contributed by atoms with E-state index in [0.717, 1.165) is 25.3 Å². The summed E-state index contributed by atoms with van der Waals surface area (Å²) in [5.41, 5.74) is 4.67. The molecule has 1 aromatic carbocycles. The van der Waals surface area contributed by atoms with Crippen LogP contribution in [0.5, 0.6) is 11.5 Å². The molecule has 30 heavy (non-hydrogen) atoms. The lowest BCUT2D eigenvalue weighted by Crippen LogP contribution is -3.16. The van der Waals surface area contributed by atoms with Gasteiger partial charge in [0.15, 0.2) is 17.5 Å². The normalized spacial score (nSPS) is 16.5. The molecule has 162 valence electrons. The number of methoxy groups -OCH3 is 2. The van der Waals surface area contributed by atoms with Gasteiger partial charge in [-0.15, -0.1) is 0 Å². The fraction of sp³-hybridized carbons (Fsp3) is 0.478. The Labute approximate surface area is 177 Å². The number of aromatic nitrogens is 1. The van der Waals surface area contributed by atoms with Crippen LogP contribution in [0, 0.1) is 13.8 Å². The van der Waals surface area contributed by atoms with Gasteiger partial charge >= 0.3 is 5.97 Å². The van der Waals surface area contributed by atoms with Gasteiger partial charge in [0.25, 0.3) is 0 Å². The number of Topliss-reactive ketones (excluding diaryl/α,β-unsaturated/α-hetero) is 1. The van der Waals surface area contributed by atoms with E-state index in [1.54, 1.807) is 35.0 Å². The van der Waals surface area contributed by atoms with Crippen molar-refractivity contribution in [1.29, 1.82) is 0 Å². The highest BCUT2D eigenvalue weighted by Gasteiger charge is 2.33. The van der Waals surface area contributed by atoms with Crippen molar-refractivity contribution in [3.05, 3.63) is 45.8 Å². The molecule has 0 fully saturated rings. The van der Waals surface area contributed by atoms with Crippen LogP contribution in [0.25, 0.3) is 0 Å². The van der Waals surface area contributed by atoms with Crippen LogP contribution in [0.2, 0.25) is 0 Å². The number of quaternary nitrogens is 1. The van der Waals surface area contributed by atoms with Crippen molar-refractivity contribution in [3.63, 3.8) is 0 Å². The molecule has 1 unspecified atom stereocenters. The summed E-state index contributed by atoms with van der Waals surface area (Å²) in [6.45, 7) is 9.19. The molecule has 0 saturated carbocycles. The Balaban J connectivity index is 1.83. The number of H-pyrrole nitrogens is 1. The monoisotopic (exact) mass is 415 g/mol. The Kier molecular flexibility index (Phi) is 6.51. The van der Waals surface area contributed by atoms with Crippen LogP contribution in [0.4, 0.5) is 0 Å². The van der Waals surface area contributed by atoms with Crippen LogP contribution in [-0.2, 0) is 17.7 Å². The van der Waals surface area contributed by atoms with Gasteiger partial charge in [-0.3, -0.25) is 4.79 Å². The van der Waals surface area contributed by atoms with Gasteiger partial charge in [-0.1, -0.05) is 0 Å². The van der Waals surface area contributed by atoms with Crippen molar-refractivity contribution >= 4 is 11.8 Å². The summed E-state index contributed by atoms with van der Waals surface area (Å²) < 4.78 is 16.0. The number of nitrogens with one attached hydrogen (secondary N) is 2. The summed E-state index contributed by atoms with van der Waals surface area (Å²) in [5, 5.41) is 0. The highest BCUT2D eigenvalue weighted by atomic mass is 16.5. The van der Waals surface area contributed by atoms with Gasteiger partial charge in [0.1, 0.15) is 6.54 Å². The number of hydrogen-bond acceptors (Lipinski definition) is 5. The second-order valence-corrected chi connectivity index (χ2v) is 7.74. The smallest absolute Gasteiger partial charge is 0.340 e. The van der Waals surface area contributed by atoms with E-state index in [1.165, 1.54) is 16.0 Å². The fourth-order valence-corrected chi connectivity index (χ4v) is 4.27. The van der Waals surface area contributed by atoms with Crippen molar-refractivity contribution < 1.29 is 28.7 Å². The van der Waals surface area contributed by atoms with Gasteiger partial charge < -0.3 is 24.1 Å². The zero-order valence-corrected chi connectivity index (χ0v) is 18.6. The van der Waals surface area contributed by atoms with Gasteiger partial charge in [0.05, 0.1) is 38.6 Å². The van der Waals surface area contributed by atoms with Gasteiger partial charge in [-0.25, -0.2) is 4.79 Å². The number of hydrogen-bond donors (Lipinski definition) is 2. The Morgan fingerprint density at radius 2 is 1.77 bits per heavy atom. The first-order valence-electron chi connectivity index (χ1n) is 10.3. The van der Waals surface area contributed by atoms with Crippen molar-refractivity contribution in [2.45, 2.75) is 46.7 Å². The summed E-state index contributed by atoms with van der Waals surface area (Å²) in [5.74, 6) is 1.04. The number of esters is 1. The maximum atomic E-state index is 13.3. The van der Waals surface area contributed by atoms with E-state index in [-0.39, 0.29) is 11.8 Å². The summed E-state index contributed by atoms with van der Waals surface area (Å²) in [6.07, 6.45) is 0.861. The van der Waals surface area contributed by atoms with E-state index in [2.05, 4.69) is 4.98 Å². The van der Waals surface area contributed by atoms with Crippen LogP contribution in [0.3, 0.4) is 0 Å². The van der Waals surface area contributed by atoms with Crippen LogP contribution in [0.1, 0.15) is 57.1 Å². The predicted octanol–water partition coefficient (Wildman–Crippen LogP) is 2.04. The topological polar surface area (TPSA) is 82.1 Å². The third-order valence-corrected chi connectivity index (χ3v) is 6.01. The molecule has 2 atom stereocenters. The van der Waals surface area contributed by atoms with Gasteiger partial charge in [0.2, 0.25) is 5.78 Å². The average Bonchev–Trinajstić information content (AvgIpc) is 3.05. The second kappa shape index (κ2) is 8.92. The largest absolute Gasteiger partial charge is 0.493 e. The number of carbonyl (C=O) groups excluding carboxylic acids is 2. The highest BCUT2D eigenvalue weighted by molar-refractivity contribution is 6.03. The number of benzene rings is 1. The van der Waals surface area contributed by atoms with Crippen LogP contribution in [0.15, 0.2) is 12.1 Å². The molecule has 2 aromatic rings. The molecule has 1 aliphatic rings. The van der Waals surface area contributed by atoms with Gasteiger partial charge in [-0.05, 0) is 51.0 Å². The molecule has 0 amide bonds. The number of aryl methyl sites for hydroxylation is 1. The third-order valence-electron chi connectivity index (χ3n) is 6.01. The minimum absolute atomic E-state index is 0.00470. The molecule has 0 aliphatic carbocycles. The van der Waals surface area contributed by atoms with Gasteiger partial charge in [0, 0.05) is 17.7 Å². The Bertz CT molecular complexity index is 963. The van der Waals surface area contributed by atoms with E-state index in [1.807, 2.05) is 19.1 Å². The minimum atomic E-state index is -0.393. The fourth-order valence-electron chi connectivity index (χ4n) is 4.27. The van der Waals surface area contributed by atoms with Crippen molar-refractivity contribution in [1.82, 2.24) is 4.98 Å². The molecular formula is C23H31N2O5+. The molecule has 2 N–H and O–H groups in total. The summed E-state index contributed by atoms with van der Waals surface area (Å²) in [4.78, 5) is 29.9. The molecule has 2 heterocycles. The molecule has 0 saturated heterocycles. The SMILES string of the molecule is CCOC(=O)c1c(C)[nH]c(C(=O)[C@H](C)[NH+]2CCc3cc(OC)c(OC)cc3C2)c1C. The molecule has 1 aliphatic heterocycles. The zero-order valence-electron chi connectivity index (χ0n) is 18.6. The van der Waals surface area contributed by atoms with Crippen molar-refractivity contribution in [2.24, 2.45) is 0 Å².